The highest BCUT2D eigenvalue weighted by atomic mass is 35.5. The molecule has 0 aromatic rings. The number of aldehydes is 1. The zero-order valence-corrected chi connectivity index (χ0v) is 16.8. The average molecular weight is 469 g/mol. The van der Waals surface area contributed by atoms with E-state index >= 15 is 0 Å². The standard InChI is InChI=1S/C7H9F2NO2.C7H8F2O2.C2H4O2.ClH.H3NO/c8-7(9)2-1-6(11)5(3-7)4-10-12;8-7(9)2-1-6(11)5(3-7)4-10;1-2(3)4;;1-2/h4-5,12H,1-3H2;4-5H,1-3H2;1H3,(H,3,4);1H;2H,1H2/b10-4-;;;;. The minimum Gasteiger partial charge on any atom is -0.481 e. The number of hydrogen-bond acceptors (Lipinski definition) is 8. The van der Waals surface area contributed by atoms with Crippen molar-refractivity contribution < 1.29 is 52.3 Å². The van der Waals surface area contributed by atoms with Gasteiger partial charge in [-0.15, -0.1) is 17.6 Å². The highest BCUT2D eigenvalue weighted by Crippen LogP contribution is 2.34. The average Bonchev–Trinajstić information content (AvgIpc) is 2.62. The summed E-state index contributed by atoms with van der Waals surface area (Å²) in [5.41, 5.74) is 0. The Morgan fingerprint density at radius 2 is 1.37 bits per heavy atom. The summed E-state index contributed by atoms with van der Waals surface area (Å²) in [5.74, 6) is -5.57. The maximum atomic E-state index is 12.7. The highest BCUT2D eigenvalue weighted by Gasteiger charge is 2.41. The number of carbonyl (C=O) groups is 4. The molecule has 9 nitrogen and oxygen atoms in total. The molecule has 0 aromatic heterocycles. The van der Waals surface area contributed by atoms with E-state index in [1.807, 2.05) is 0 Å². The van der Waals surface area contributed by atoms with Crippen LogP contribution in [0.1, 0.15) is 45.4 Å². The Bertz CT molecular complexity index is 588. The molecule has 2 aliphatic rings. The number of rotatable bonds is 2. The van der Waals surface area contributed by atoms with Crippen molar-refractivity contribution in [2.24, 2.45) is 22.9 Å². The third kappa shape index (κ3) is 14.8. The minimum absolute atomic E-state index is 0. The Hall–Kier alpha value is -2.12. The van der Waals surface area contributed by atoms with E-state index in [0.29, 0.717) is 6.29 Å². The van der Waals surface area contributed by atoms with Crippen molar-refractivity contribution in [1.29, 1.82) is 0 Å². The van der Waals surface area contributed by atoms with Crippen LogP contribution in [0.25, 0.3) is 0 Å². The van der Waals surface area contributed by atoms with Crippen molar-refractivity contribution in [3.05, 3.63) is 0 Å². The summed E-state index contributed by atoms with van der Waals surface area (Å²) < 4.78 is 50.3. The summed E-state index contributed by atoms with van der Waals surface area (Å²) >= 11 is 0. The molecule has 2 rings (SSSR count). The quantitative estimate of drug-likeness (QED) is 0.120. The normalized spacial score (nSPS) is 23.8. The number of ketones is 2. The fourth-order valence-corrected chi connectivity index (χ4v) is 2.40. The second-order valence-electron chi connectivity index (χ2n) is 6.19. The number of aliphatic carboxylic acids is 1. The number of carboxylic acid groups (broad SMARTS) is 1. The first-order valence-corrected chi connectivity index (χ1v) is 8.23. The van der Waals surface area contributed by atoms with Gasteiger partial charge in [-0.05, 0) is 0 Å². The number of nitrogens with two attached hydrogens (primary N) is 1. The van der Waals surface area contributed by atoms with E-state index in [0.717, 1.165) is 13.1 Å². The molecule has 2 unspecified atom stereocenters. The summed E-state index contributed by atoms with van der Waals surface area (Å²) in [5, 5.41) is 24.6. The molecule has 0 aliphatic heterocycles. The van der Waals surface area contributed by atoms with Gasteiger partial charge in [0.1, 0.15) is 17.9 Å². The predicted molar refractivity (Wildman–Crippen MR) is 97.5 cm³/mol. The van der Waals surface area contributed by atoms with E-state index in [9.17, 15) is 31.9 Å². The van der Waals surface area contributed by atoms with Gasteiger partial charge >= 0.3 is 0 Å². The summed E-state index contributed by atoms with van der Waals surface area (Å²) in [6.45, 7) is 1.08. The van der Waals surface area contributed by atoms with Crippen LogP contribution in [0, 0.1) is 11.8 Å². The number of Topliss-reactive ketones (excluding diaryl/α,β-unsaturated/α-hetero) is 2. The van der Waals surface area contributed by atoms with Crippen LogP contribution in [0.5, 0.6) is 0 Å². The first kappa shape index (κ1) is 32.5. The van der Waals surface area contributed by atoms with Crippen LogP contribution in [-0.4, -0.2) is 57.4 Å². The number of carboxylic acids is 1. The molecular formula is C16H25ClF4N2O7. The molecule has 0 spiro atoms. The number of oxime groups is 1. The molecule has 0 amide bonds. The summed E-state index contributed by atoms with van der Waals surface area (Å²) in [6, 6.07) is 0. The van der Waals surface area contributed by atoms with E-state index in [-0.39, 0.29) is 43.2 Å². The zero-order chi connectivity index (χ0) is 23.3. The summed E-state index contributed by atoms with van der Waals surface area (Å²) in [7, 11) is 0. The predicted octanol–water partition coefficient (Wildman–Crippen LogP) is 2.49. The number of nitrogens with zero attached hydrogens (tertiary/aromatic N) is 1. The fourth-order valence-electron chi connectivity index (χ4n) is 2.40. The molecule has 2 saturated carbocycles. The van der Waals surface area contributed by atoms with E-state index in [1.165, 1.54) is 0 Å². The Kier molecular flexibility index (Phi) is 17.0. The lowest BCUT2D eigenvalue weighted by molar-refractivity contribution is -0.139. The molecule has 5 N–H and O–H groups in total. The van der Waals surface area contributed by atoms with Crippen molar-refractivity contribution in [2.75, 3.05) is 0 Å². The number of carbonyl (C=O) groups excluding carboxylic acids is 3. The van der Waals surface area contributed by atoms with Crippen molar-refractivity contribution in [3.8, 4) is 0 Å². The second kappa shape index (κ2) is 15.7. The van der Waals surface area contributed by atoms with Crippen LogP contribution >= 0.6 is 12.4 Å². The van der Waals surface area contributed by atoms with Crippen LogP contribution < -0.4 is 5.90 Å². The van der Waals surface area contributed by atoms with Gasteiger partial charge in [-0.2, -0.15) is 0 Å². The van der Waals surface area contributed by atoms with E-state index in [2.05, 4.69) is 11.1 Å². The van der Waals surface area contributed by atoms with Gasteiger partial charge in [0, 0.05) is 45.4 Å². The van der Waals surface area contributed by atoms with Gasteiger partial charge < -0.3 is 20.3 Å². The monoisotopic (exact) mass is 468 g/mol. The molecule has 0 aromatic carbocycles. The molecule has 0 radical (unpaired) electrons. The maximum Gasteiger partial charge on any atom is 0.300 e. The van der Waals surface area contributed by atoms with Crippen LogP contribution in [-0.2, 0) is 19.2 Å². The molecule has 2 atom stereocenters. The molecule has 30 heavy (non-hydrogen) atoms. The van der Waals surface area contributed by atoms with Crippen LogP contribution in [0.2, 0.25) is 0 Å². The van der Waals surface area contributed by atoms with Gasteiger partial charge in [0.2, 0.25) is 11.8 Å². The lowest BCUT2D eigenvalue weighted by Crippen LogP contribution is -2.33. The molecule has 176 valence electrons. The van der Waals surface area contributed by atoms with Crippen LogP contribution in [0.4, 0.5) is 17.6 Å². The molecule has 0 bridgehead atoms. The third-order valence-electron chi connectivity index (χ3n) is 3.75. The van der Waals surface area contributed by atoms with Crippen molar-refractivity contribution in [1.82, 2.24) is 0 Å². The molecule has 14 heteroatoms. The first-order valence-electron chi connectivity index (χ1n) is 8.23. The van der Waals surface area contributed by atoms with Crippen molar-refractivity contribution >= 4 is 42.4 Å². The lowest BCUT2D eigenvalue weighted by atomic mass is 9.86. The minimum atomic E-state index is -2.82. The number of halogens is 5. The largest absolute Gasteiger partial charge is 0.481 e. The Morgan fingerprint density at radius 3 is 1.67 bits per heavy atom. The second-order valence-corrected chi connectivity index (χ2v) is 6.19. The van der Waals surface area contributed by atoms with E-state index < -0.39 is 48.9 Å². The summed E-state index contributed by atoms with van der Waals surface area (Å²) in [4.78, 5) is 40.8. The van der Waals surface area contributed by atoms with Crippen molar-refractivity contribution in [2.45, 2.75) is 57.3 Å². The number of hydrogen-bond donors (Lipinski definition) is 4. The zero-order valence-electron chi connectivity index (χ0n) is 16.0. The SMILES string of the molecule is CC(=O)O.Cl.NO.O=C1CCC(F)(F)CC1/C=N\O.O=CC1CC(F)(F)CCC1=O. The third-order valence-corrected chi connectivity index (χ3v) is 3.75. The smallest absolute Gasteiger partial charge is 0.300 e. The number of alkyl halides is 4. The highest BCUT2D eigenvalue weighted by molar-refractivity contribution is 5.95. The molecule has 2 fully saturated rings. The van der Waals surface area contributed by atoms with Crippen molar-refractivity contribution in [3.63, 3.8) is 0 Å². The molecule has 0 saturated heterocycles. The lowest BCUT2D eigenvalue weighted by Gasteiger charge is -2.24. The first-order chi connectivity index (χ1) is 13.3. The van der Waals surface area contributed by atoms with Gasteiger partial charge in [0.05, 0.1) is 18.1 Å². The van der Waals surface area contributed by atoms with Crippen LogP contribution in [0.3, 0.4) is 0 Å². The van der Waals surface area contributed by atoms with Gasteiger partial charge in [0.15, 0.2) is 0 Å². The summed E-state index contributed by atoms with van der Waals surface area (Å²) in [6.07, 6.45) is -1.05. The van der Waals surface area contributed by atoms with E-state index in [4.69, 9.17) is 20.3 Å². The Balaban J connectivity index is -0.000000377. The molecule has 2 aliphatic carbocycles. The van der Waals surface area contributed by atoms with E-state index in [1.54, 1.807) is 0 Å². The fraction of sp³-hybridized carbons (Fsp3) is 0.688. The van der Waals surface area contributed by atoms with Gasteiger partial charge in [-0.25, -0.2) is 23.5 Å². The Labute approximate surface area is 175 Å². The molecule has 0 heterocycles. The maximum absolute atomic E-state index is 12.7. The van der Waals surface area contributed by atoms with Gasteiger partial charge in [0.25, 0.3) is 5.97 Å². The Morgan fingerprint density at radius 1 is 1.03 bits per heavy atom. The van der Waals surface area contributed by atoms with Gasteiger partial charge in [-0.1, -0.05) is 0 Å². The molecular weight excluding hydrogens is 444 g/mol. The van der Waals surface area contributed by atoms with Crippen LogP contribution in [0.15, 0.2) is 5.16 Å². The van der Waals surface area contributed by atoms with Gasteiger partial charge in [-0.3, -0.25) is 14.4 Å². The topological polar surface area (TPSA) is 167 Å².